The lowest BCUT2D eigenvalue weighted by atomic mass is 10.1. The van der Waals surface area contributed by atoms with Gasteiger partial charge in [0.15, 0.2) is 0 Å². The van der Waals surface area contributed by atoms with Crippen molar-refractivity contribution in [3.05, 3.63) is 11.1 Å². The second-order valence-electron chi connectivity index (χ2n) is 5.22. The van der Waals surface area contributed by atoms with E-state index in [9.17, 15) is 79.0 Å². The predicted octanol–water partition coefficient (Wildman–Crippen LogP) is 8.44. The molecule has 0 aliphatic carbocycles. The van der Waals surface area contributed by atoms with Crippen LogP contribution in [0.1, 0.15) is 6.92 Å². The Morgan fingerprint density at radius 1 is 0.514 bits per heavy atom. The summed E-state index contributed by atoms with van der Waals surface area (Å²) >= 11 is 9.75. The zero-order chi connectivity index (χ0) is 29.5. The van der Waals surface area contributed by atoms with Gasteiger partial charge in [0.2, 0.25) is 0 Å². The van der Waals surface area contributed by atoms with Crippen LogP contribution in [-0.4, -0.2) is 62.0 Å². The molecule has 22 heteroatoms. The molecule has 0 aromatic heterocycles. The summed E-state index contributed by atoms with van der Waals surface area (Å²) in [5.74, 6) is -27.2. The molecule has 0 spiro atoms. The van der Waals surface area contributed by atoms with Crippen LogP contribution >= 0.6 is 23.2 Å². The monoisotopic (exact) mass is 610 g/mol. The van der Waals surface area contributed by atoms with Crippen molar-refractivity contribution in [1.82, 2.24) is 0 Å². The summed E-state index contributed by atoms with van der Waals surface area (Å²) in [7, 11) is -0.125. The van der Waals surface area contributed by atoms with E-state index in [4.69, 9.17) is 23.2 Å². The zero-order valence-electron chi connectivity index (χ0n) is 16.2. The van der Waals surface area contributed by atoms with E-state index < -0.39 is 54.9 Å². The molecule has 0 heterocycles. The fraction of sp³-hybridized carbons (Fsp3) is 0.846. The molecule has 0 aromatic carbocycles. The predicted molar refractivity (Wildman–Crippen MR) is 81.3 cm³/mol. The number of hydrogen-bond donors (Lipinski definition) is 0. The number of methoxy groups -OCH3 is 1. The van der Waals surface area contributed by atoms with Crippen LogP contribution in [0.15, 0.2) is 11.1 Å². The van der Waals surface area contributed by atoms with Gasteiger partial charge in [-0.25, -0.2) is 0 Å². The van der Waals surface area contributed by atoms with Gasteiger partial charge in [-0.15, -0.1) is 0 Å². The SMILES string of the molecule is CCOC(F)(F)C(F)(F)C(F)(F)C(F)(F)F.COC(F)(F)C(F)(F)C(F)(F)C(F)(F)F.Cl/C=C/Cl. The average Bonchev–Trinajstić information content (AvgIpc) is 2.66. The third kappa shape index (κ3) is 8.51. The molecule has 0 atom stereocenters. The smallest absolute Gasteiger partial charge is 0.319 e. The van der Waals surface area contributed by atoms with Gasteiger partial charge < -0.3 is 9.47 Å². The molecule has 0 aromatic rings. The highest BCUT2D eigenvalue weighted by Gasteiger charge is 2.83. The van der Waals surface area contributed by atoms with Crippen LogP contribution in [0.4, 0.5) is 79.0 Å². The molecule has 35 heavy (non-hydrogen) atoms. The maximum Gasteiger partial charge on any atom is 0.460 e. The highest BCUT2D eigenvalue weighted by Crippen LogP contribution is 2.54. The van der Waals surface area contributed by atoms with E-state index in [0.29, 0.717) is 0 Å². The van der Waals surface area contributed by atoms with Gasteiger partial charge in [0.1, 0.15) is 0 Å². The highest BCUT2D eigenvalue weighted by atomic mass is 35.5. The van der Waals surface area contributed by atoms with Crippen molar-refractivity contribution in [2.24, 2.45) is 0 Å². The summed E-state index contributed by atoms with van der Waals surface area (Å²) in [4.78, 5) is 0. The molecule has 0 fully saturated rings. The lowest BCUT2D eigenvalue weighted by Gasteiger charge is -2.32. The Kier molecular flexibility index (Phi) is 13.7. The molecule has 0 saturated heterocycles. The van der Waals surface area contributed by atoms with E-state index >= 15 is 0 Å². The summed E-state index contributed by atoms with van der Waals surface area (Å²) < 4.78 is 220. The molecule has 0 aliphatic heterocycles. The minimum Gasteiger partial charge on any atom is -0.319 e. The molecule has 0 unspecified atom stereocenters. The quantitative estimate of drug-likeness (QED) is 0.269. The first-order valence-electron chi connectivity index (χ1n) is 7.48. The Labute approximate surface area is 192 Å². The van der Waals surface area contributed by atoms with Crippen molar-refractivity contribution in [2.45, 2.75) is 55.2 Å². The maximum atomic E-state index is 12.3. The van der Waals surface area contributed by atoms with Crippen LogP contribution < -0.4 is 0 Å². The van der Waals surface area contributed by atoms with Gasteiger partial charge in [0, 0.05) is 18.2 Å². The van der Waals surface area contributed by atoms with Crippen LogP contribution in [-0.2, 0) is 9.47 Å². The number of halogens is 20. The molecule has 0 saturated carbocycles. The van der Waals surface area contributed by atoms with Gasteiger partial charge in [-0.2, -0.15) is 79.0 Å². The molecule has 0 bridgehead atoms. The van der Waals surface area contributed by atoms with Gasteiger partial charge in [-0.05, 0) is 6.92 Å². The number of rotatable bonds is 7. The van der Waals surface area contributed by atoms with E-state index in [1.807, 2.05) is 0 Å². The Bertz CT molecular complexity index is 652. The molecule has 0 radical (unpaired) electrons. The number of ether oxygens (including phenoxy) is 2. The molecule has 0 aliphatic rings. The van der Waals surface area contributed by atoms with Crippen LogP contribution in [0.3, 0.4) is 0 Å². The third-order valence-electron chi connectivity index (χ3n) is 2.86. The second-order valence-corrected chi connectivity index (χ2v) is 5.72. The molecular weight excluding hydrogens is 601 g/mol. The van der Waals surface area contributed by atoms with Crippen molar-refractivity contribution in [2.75, 3.05) is 13.7 Å². The summed E-state index contributed by atoms with van der Waals surface area (Å²) in [6.07, 6.45) is -25.5. The number of hydrogen-bond acceptors (Lipinski definition) is 2. The Morgan fingerprint density at radius 2 is 0.771 bits per heavy atom. The molecule has 2 nitrogen and oxygen atoms in total. The largest absolute Gasteiger partial charge is 0.460 e. The number of alkyl halides is 18. The van der Waals surface area contributed by atoms with Crippen LogP contribution in [0.25, 0.3) is 0 Å². The summed E-state index contributed by atoms with van der Waals surface area (Å²) in [5, 5.41) is 0. The van der Waals surface area contributed by atoms with Gasteiger partial charge in [0.05, 0.1) is 6.61 Å². The van der Waals surface area contributed by atoms with Gasteiger partial charge >= 0.3 is 48.3 Å². The topological polar surface area (TPSA) is 18.5 Å². The average molecular weight is 611 g/mol. The van der Waals surface area contributed by atoms with E-state index in [1.165, 1.54) is 11.1 Å². The van der Waals surface area contributed by atoms with Crippen LogP contribution in [0.2, 0.25) is 0 Å². The second kappa shape index (κ2) is 12.5. The first-order valence-corrected chi connectivity index (χ1v) is 8.36. The summed E-state index contributed by atoms with van der Waals surface area (Å²) in [6.45, 7) is -0.424. The normalized spacial score (nSPS) is 14.8. The lowest BCUT2D eigenvalue weighted by Crippen LogP contribution is -2.61. The van der Waals surface area contributed by atoms with Crippen molar-refractivity contribution < 1.29 is 88.5 Å². The van der Waals surface area contributed by atoms with Crippen molar-refractivity contribution in [3.8, 4) is 0 Å². The van der Waals surface area contributed by atoms with Crippen molar-refractivity contribution >= 4 is 23.2 Å². The van der Waals surface area contributed by atoms with Crippen molar-refractivity contribution in [3.63, 3.8) is 0 Å². The van der Waals surface area contributed by atoms with Crippen LogP contribution in [0, 0.1) is 0 Å². The Hall–Kier alpha value is -1.02. The fourth-order valence-corrected chi connectivity index (χ4v) is 1.12. The standard InChI is InChI=1S/C6H5F9O.C5H3F9O.C2H2Cl2/c1-2-16-6(14,15)4(9,10)3(7,8)5(11,12)13;1-15-5(13,14)3(8,9)2(6,7)4(10,11)12;3-1-2-4/h2H2,1H3;1H3;1-2H/b;;2-1+. The van der Waals surface area contributed by atoms with Crippen LogP contribution in [0.5, 0.6) is 0 Å². The molecule has 0 amide bonds. The fourth-order valence-electron chi connectivity index (χ4n) is 1.12. The Balaban J connectivity index is -0.000000508. The van der Waals surface area contributed by atoms with E-state index in [0.717, 1.165) is 6.92 Å². The summed E-state index contributed by atoms with van der Waals surface area (Å²) in [6, 6.07) is 0. The Morgan fingerprint density at radius 3 is 0.943 bits per heavy atom. The minimum absolute atomic E-state index is 0.125. The molecule has 0 rings (SSSR count). The minimum atomic E-state index is -6.89. The van der Waals surface area contributed by atoms with Gasteiger partial charge in [-0.1, -0.05) is 23.2 Å². The molecule has 0 N–H and O–H groups in total. The van der Waals surface area contributed by atoms with E-state index in [2.05, 4.69) is 9.47 Å². The first-order chi connectivity index (χ1) is 15.0. The van der Waals surface area contributed by atoms with E-state index in [1.54, 1.807) is 0 Å². The van der Waals surface area contributed by atoms with Crippen molar-refractivity contribution in [1.29, 1.82) is 0 Å². The third-order valence-corrected chi connectivity index (χ3v) is 3.24. The lowest BCUT2D eigenvalue weighted by molar-refractivity contribution is -0.443. The summed E-state index contributed by atoms with van der Waals surface area (Å²) in [5.41, 5.74) is 2.48. The van der Waals surface area contributed by atoms with Gasteiger partial charge in [-0.3, -0.25) is 0 Å². The highest BCUT2D eigenvalue weighted by molar-refractivity contribution is 6.33. The first kappa shape index (κ1) is 38.5. The molecule has 214 valence electrons. The maximum absolute atomic E-state index is 12.3. The zero-order valence-corrected chi connectivity index (χ0v) is 17.7. The van der Waals surface area contributed by atoms with E-state index in [-0.39, 0.29) is 7.11 Å². The molecular formula is C13H10Cl2F18O2. The van der Waals surface area contributed by atoms with Gasteiger partial charge in [0.25, 0.3) is 0 Å².